The molecule has 0 saturated carbocycles. The van der Waals surface area contributed by atoms with E-state index in [1.807, 2.05) is 0 Å². The highest BCUT2D eigenvalue weighted by Gasteiger charge is 2.50. The number of hydrogen-bond donors (Lipinski definition) is 5. The summed E-state index contributed by atoms with van der Waals surface area (Å²) in [5, 5.41) is 59.3. The molecule has 1 aliphatic heterocycles. The lowest BCUT2D eigenvalue weighted by molar-refractivity contribution is -0.386. The first-order valence-corrected chi connectivity index (χ1v) is 9.77. The fourth-order valence-electron chi connectivity index (χ4n) is 2.91. The van der Waals surface area contributed by atoms with E-state index in [2.05, 4.69) is 0 Å². The van der Waals surface area contributed by atoms with E-state index >= 15 is 0 Å². The van der Waals surface area contributed by atoms with Gasteiger partial charge in [-0.2, -0.15) is 0 Å². The fourth-order valence-corrected chi connectivity index (χ4v) is 5.62. The summed E-state index contributed by atoms with van der Waals surface area (Å²) in [4.78, 5) is 10.5. The summed E-state index contributed by atoms with van der Waals surface area (Å²) >= 11 is 0. The highest BCUT2D eigenvalue weighted by Crippen LogP contribution is 2.26. The van der Waals surface area contributed by atoms with Crippen LogP contribution in [0.25, 0.3) is 0 Å². The number of para-hydroxylation sites is 1. The molecule has 0 radical (unpaired) electrons. The number of benzene rings is 1. The van der Waals surface area contributed by atoms with Crippen molar-refractivity contribution >= 4 is 16.6 Å². The van der Waals surface area contributed by atoms with Gasteiger partial charge in [0, 0.05) is 17.0 Å². The average Bonchev–Trinajstić information content (AvgIpc) is 2.88. The van der Waals surface area contributed by atoms with Crippen molar-refractivity contribution < 1.29 is 35.2 Å². The molecule has 1 unspecified atom stereocenters. The molecule has 26 heavy (non-hydrogen) atoms. The summed E-state index contributed by atoms with van der Waals surface area (Å²) in [6, 6.07) is 6.04. The Kier molecular flexibility index (Phi) is 7.77. The lowest BCUT2D eigenvalue weighted by Crippen LogP contribution is -2.42. The van der Waals surface area contributed by atoms with Crippen LogP contribution in [0.5, 0.6) is 0 Å². The van der Waals surface area contributed by atoms with Crippen molar-refractivity contribution in [2.24, 2.45) is 0 Å². The Morgan fingerprint density at radius 3 is 2.62 bits per heavy atom. The molecule has 0 bridgehead atoms. The van der Waals surface area contributed by atoms with Crippen LogP contribution in [0.4, 0.5) is 5.69 Å². The van der Waals surface area contributed by atoms with Gasteiger partial charge in [-0.05, 0) is 6.07 Å². The number of nitro benzene ring substituents is 1. The van der Waals surface area contributed by atoms with E-state index in [1.54, 1.807) is 6.07 Å². The molecule has 1 aromatic carbocycles. The molecule has 0 spiro atoms. The summed E-state index contributed by atoms with van der Waals surface area (Å²) in [7, 11) is -0.637. The Morgan fingerprint density at radius 1 is 1.31 bits per heavy atom. The third kappa shape index (κ3) is 4.92. The lowest BCUT2D eigenvalue weighted by atomic mass is 10.2. The maximum Gasteiger partial charge on any atom is 0.274 e. The van der Waals surface area contributed by atoms with Crippen LogP contribution in [0.3, 0.4) is 0 Å². The summed E-state index contributed by atoms with van der Waals surface area (Å²) in [6.45, 7) is -0.954. The number of aliphatic hydroxyl groups excluding tert-OH is 5. The first-order chi connectivity index (χ1) is 12.4. The van der Waals surface area contributed by atoms with Gasteiger partial charge in [0.1, 0.15) is 35.9 Å². The molecule has 6 atom stereocenters. The van der Waals surface area contributed by atoms with Gasteiger partial charge in [0.05, 0.1) is 30.3 Å². The van der Waals surface area contributed by atoms with Gasteiger partial charge in [0.2, 0.25) is 0 Å². The molecular weight excluding hydrogens is 366 g/mol. The first-order valence-electron chi connectivity index (χ1n) is 8.15. The third-order valence-corrected chi connectivity index (χ3v) is 7.23. The molecule has 9 nitrogen and oxygen atoms in total. The highest BCUT2D eigenvalue weighted by atomic mass is 32.2. The molecule has 10 heteroatoms. The quantitative estimate of drug-likeness (QED) is 0.195. The highest BCUT2D eigenvalue weighted by molar-refractivity contribution is 7.97. The maximum absolute atomic E-state index is 11.0. The van der Waals surface area contributed by atoms with Gasteiger partial charge in [-0.1, -0.05) is 12.1 Å². The fraction of sp³-hybridized carbons (Fsp3) is 0.625. The Morgan fingerprint density at radius 2 is 2.00 bits per heavy atom. The summed E-state index contributed by atoms with van der Waals surface area (Å²) in [5.74, 6) is 0.396. The van der Waals surface area contributed by atoms with Crippen molar-refractivity contribution in [2.45, 2.75) is 36.3 Å². The largest absolute Gasteiger partial charge is 0.394 e. The van der Waals surface area contributed by atoms with Gasteiger partial charge in [-0.25, -0.2) is 0 Å². The average molecular weight is 390 g/mol. The Hall–Kier alpha value is -1.27. The lowest BCUT2D eigenvalue weighted by Gasteiger charge is -2.22. The van der Waals surface area contributed by atoms with Crippen LogP contribution in [0.1, 0.15) is 5.56 Å². The molecule has 0 amide bonds. The molecule has 5 N–H and O–H groups in total. The molecule has 2 rings (SSSR count). The molecule has 146 valence electrons. The van der Waals surface area contributed by atoms with Gasteiger partial charge < -0.3 is 30.3 Å². The molecular formula is C16H24NO8S+. The van der Waals surface area contributed by atoms with E-state index in [-0.39, 0.29) is 30.4 Å². The Balaban J connectivity index is 1.97. The van der Waals surface area contributed by atoms with Crippen LogP contribution in [0.2, 0.25) is 0 Å². The minimum Gasteiger partial charge on any atom is -0.394 e. The minimum absolute atomic E-state index is 0.108. The van der Waals surface area contributed by atoms with Crippen molar-refractivity contribution in [3.8, 4) is 0 Å². The predicted molar refractivity (Wildman–Crippen MR) is 94.8 cm³/mol. The van der Waals surface area contributed by atoms with E-state index in [1.165, 1.54) is 18.2 Å². The van der Waals surface area contributed by atoms with Gasteiger partial charge in [-0.15, -0.1) is 0 Å². The number of rotatable bonds is 9. The second kappa shape index (κ2) is 9.60. The molecule has 1 aromatic rings. The van der Waals surface area contributed by atoms with Crippen LogP contribution >= 0.6 is 0 Å². The number of ether oxygens (including phenoxy) is 1. The van der Waals surface area contributed by atoms with Crippen LogP contribution in [0, 0.1) is 10.1 Å². The number of hydrogen-bond acceptors (Lipinski definition) is 8. The van der Waals surface area contributed by atoms with Crippen LogP contribution in [-0.2, 0) is 22.2 Å². The third-order valence-electron chi connectivity index (χ3n) is 4.40. The van der Waals surface area contributed by atoms with E-state index in [0.29, 0.717) is 5.56 Å². The zero-order chi connectivity index (χ0) is 19.3. The van der Waals surface area contributed by atoms with E-state index in [4.69, 9.17) is 4.74 Å². The second-order valence-electron chi connectivity index (χ2n) is 6.13. The minimum atomic E-state index is -1.10. The van der Waals surface area contributed by atoms with Crippen molar-refractivity contribution in [3.05, 3.63) is 39.9 Å². The normalized spacial score (nSPS) is 28.0. The number of nitrogens with zero attached hydrogens (tertiary/aromatic N) is 1. The zero-order valence-electron chi connectivity index (χ0n) is 14.0. The van der Waals surface area contributed by atoms with Gasteiger partial charge in [0.15, 0.2) is 5.25 Å². The van der Waals surface area contributed by atoms with Crippen molar-refractivity contribution in [1.82, 2.24) is 0 Å². The smallest absolute Gasteiger partial charge is 0.274 e. The van der Waals surface area contributed by atoms with Crippen LogP contribution < -0.4 is 0 Å². The van der Waals surface area contributed by atoms with Gasteiger partial charge in [-0.3, -0.25) is 10.1 Å². The maximum atomic E-state index is 11.0. The van der Waals surface area contributed by atoms with Gasteiger partial charge >= 0.3 is 0 Å². The molecule has 0 aromatic heterocycles. The van der Waals surface area contributed by atoms with E-state index < -0.39 is 52.1 Å². The monoisotopic (exact) mass is 390 g/mol. The molecule has 1 fully saturated rings. The first kappa shape index (κ1) is 21.0. The summed E-state index contributed by atoms with van der Waals surface area (Å²) in [6.07, 6.45) is -4.08. The number of aliphatic hydroxyl groups is 5. The summed E-state index contributed by atoms with van der Waals surface area (Å²) in [5.41, 5.74) is 0.216. The predicted octanol–water partition coefficient (Wildman–Crippen LogP) is -1.45. The van der Waals surface area contributed by atoms with Crippen molar-refractivity contribution in [3.63, 3.8) is 0 Å². The van der Waals surface area contributed by atoms with Gasteiger partial charge in [0.25, 0.3) is 5.69 Å². The zero-order valence-corrected chi connectivity index (χ0v) is 14.9. The summed E-state index contributed by atoms with van der Waals surface area (Å²) < 4.78 is 5.48. The molecule has 1 saturated heterocycles. The number of nitro groups is 1. The second-order valence-corrected chi connectivity index (χ2v) is 8.48. The molecule has 0 aliphatic carbocycles. The molecule has 1 heterocycles. The van der Waals surface area contributed by atoms with Crippen molar-refractivity contribution in [1.29, 1.82) is 0 Å². The SMILES string of the molecule is O=[N+]([O-])c1ccccc1CO[C@@H](CO)[C@H](O)C[S+]1C[C@@H](O)[C@H](O)[C@H]1CO. The Labute approximate surface area is 153 Å². The van der Waals surface area contributed by atoms with E-state index in [9.17, 15) is 35.6 Å². The topological polar surface area (TPSA) is 154 Å². The van der Waals surface area contributed by atoms with Crippen LogP contribution in [0.15, 0.2) is 24.3 Å². The van der Waals surface area contributed by atoms with Crippen molar-refractivity contribution in [2.75, 3.05) is 24.7 Å². The Bertz CT molecular complexity index is 603. The molecule has 1 aliphatic rings. The van der Waals surface area contributed by atoms with Crippen LogP contribution in [-0.4, -0.2) is 84.8 Å². The standard InChI is InChI=1S/C16H24NO8S/c18-5-14(25-7-10-3-1-2-4-11(10)17(23)24)12(20)8-26-9-13(21)16(22)15(26)6-19/h1-4,12-16,18-22H,5-9H2/q+1/t12-,13-,14+,15-,16+,26?/m1/s1. The van der Waals surface area contributed by atoms with E-state index in [0.717, 1.165) is 0 Å².